The fourth-order valence-electron chi connectivity index (χ4n) is 1.71. The number of rotatable bonds is 6. The molecule has 0 aliphatic rings. The van der Waals surface area contributed by atoms with E-state index in [1.54, 1.807) is 11.3 Å². The number of anilines is 1. The van der Waals surface area contributed by atoms with E-state index in [2.05, 4.69) is 45.2 Å². The summed E-state index contributed by atoms with van der Waals surface area (Å²) < 4.78 is 2.17. The molecule has 3 nitrogen and oxygen atoms in total. The van der Waals surface area contributed by atoms with Crippen LogP contribution in [-0.2, 0) is 13.0 Å². The van der Waals surface area contributed by atoms with E-state index in [1.807, 2.05) is 13.0 Å². The molecule has 2 aromatic heterocycles. The molecule has 0 radical (unpaired) electrons. The molecule has 0 aliphatic heterocycles. The van der Waals surface area contributed by atoms with Gasteiger partial charge in [-0.2, -0.15) is 0 Å². The fraction of sp³-hybridized carbons (Fsp3) is 0.308. The molecule has 0 unspecified atom stereocenters. The van der Waals surface area contributed by atoms with Gasteiger partial charge in [0.05, 0.1) is 5.69 Å². The minimum atomic E-state index is 0.745. The Morgan fingerprint density at radius 3 is 3.18 bits per heavy atom. The van der Waals surface area contributed by atoms with Gasteiger partial charge in [-0.15, -0.1) is 17.9 Å². The van der Waals surface area contributed by atoms with Gasteiger partial charge in [-0.1, -0.05) is 12.1 Å². The lowest BCUT2D eigenvalue weighted by Gasteiger charge is -2.07. The van der Waals surface area contributed by atoms with Gasteiger partial charge in [0.1, 0.15) is 0 Å². The topological polar surface area (TPSA) is 29.9 Å². The maximum Gasteiger partial charge on any atom is 0.203 e. The zero-order valence-corrected chi connectivity index (χ0v) is 10.8. The third-order valence-electron chi connectivity index (χ3n) is 2.48. The van der Waals surface area contributed by atoms with E-state index < -0.39 is 0 Å². The van der Waals surface area contributed by atoms with Crippen molar-refractivity contribution in [2.24, 2.45) is 0 Å². The van der Waals surface area contributed by atoms with E-state index >= 15 is 0 Å². The highest BCUT2D eigenvalue weighted by Gasteiger charge is 2.04. The Bertz CT molecular complexity index is 471. The highest BCUT2D eigenvalue weighted by atomic mass is 32.1. The molecular formula is C13H17N3S. The van der Waals surface area contributed by atoms with Crippen LogP contribution in [0.4, 0.5) is 5.95 Å². The van der Waals surface area contributed by atoms with Crippen LogP contribution in [0, 0.1) is 6.92 Å². The molecule has 0 bridgehead atoms. The van der Waals surface area contributed by atoms with E-state index in [9.17, 15) is 0 Å². The predicted octanol–water partition coefficient (Wildman–Crippen LogP) is 3.09. The van der Waals surface area contributed by atoms with Crippen molar-refractivity contribution < 1.29 is 0 Å². The van der Waals surface area contributed by atoms with Gasteiger partial charge in [-0.05, 0) is 24.8 Å². The summed E-state index contributed by atoms with van der Waals surface area (Å²) in [5, 5.41) is 5.37. The lowest BCUT2D eigenvalue weighted by atomic mass is 10.3. The minimum absolute atomic E-state index is 0.745. The molecule has 17 heavy (non-hydrogen) atoms. The van der Waals surface area contributed by atoms with Crippen molar-refractivity contribution in [1.29, 1.82) is 0 Å². The van der Waals surface area contributed by atoms with Crippen LogP contribution < -0.4 is 5.32 Å². The van der Waals surface area contributed by atoms with Crippen molar-refractivity contribution in [1.82, 2.24) is 9.55 Å². The highest BCUT2D eigenvalue weighted by molar-refractivity contribution is 7.09. The number of hydrogen-bond donors (Lipinski definition) is 1. The third kappa shape index (κ3) is 3.20. The van der Waals surface area contributed by atoms with Crippen LogP contribution in [0.15, 0.2) is 36.4 Å². The Morgan fingerprint density at radius 1 is 1.59 bits per heavy atom. The summed E-state index contributed by atoms with van der Waals surface area (Å²) in [4.78, 5) is 5.86. The Morgan fingerprint density at radius 2 is 2.47 bits per heavy atom. The van der Waals surface area contributed by atoms with Crippen LogP contribution in [0.2, 0.25) is 0 Å². The summed E-state index contributed by atoms with van der Waals surface area (Å²) in [6.07, 6.45) is 4.98. The van der Waals surface area contributed by atoms with Gasteiger partial charge in [-0.3, -0.25) is 0 Å². The number of imidazole rings is 1. The summed E-state index contributed by atoms with van der Waals surface area (Å²) in [7, 11) is 0. The first-order valence-electron chi connectivity index (χ1n) is 5.70. The quantitative estimate of drug-likeness (QED) is 0.795. The second-order valence-electron chi connectivity index (χ2n) is 3.90. The molecule has 0 aromatic carbocycles. The Kier molecular flexibility index (Phi) is 3.98. The van der Waals surface area contributed by atoms with Gasteiger partial charge >= 0.3 is 0 Å². The van der Waals surface area contributed by atoms with Crippen molar-refractivity contribution in [3.05, 3.63) is 46.9 Å². The van der Waals surface area contributed by atoms with Gasteiger partial charge in [0, 0.05) is 24.2 Å². The molecule has 0 aliphatic carbocycles. The van der Waals surface area contributed by atoms with Gasteiger partial charge in [-0.25, -0.2) is 4.98 Å². The van der Waals surface area contributed by atoms with Crippen LogP contribution in [0.3, 0.4) is 0 Å². The van der Waals surface area contributed by atoms with Gasteiger partial charge < -0.3 is 9.88 Å². The standard InChI is InChI=1S/C13H17N3S/c1-3-7-14-13-15-11(2)10-16(13)8-6-12-5-4-9-17-12/h3-5,9-10H,1,6-8H2,2H3,(H,14,15). The summed E-state index contributed by atoms with van der Waals surface area (Å²) in [6.45, 7) is 7.42. The second kappa shape index (κ2) is 5.68. The lowest BCUT2D eigenvalue weighted by molar-refractivity contribution is 0.707. The molecule has 4 heteroatoms. The van der Waals surface area contributed by atoms with Crippen molar-refractivity contribution in [3.8, 4) is 0 Å². The van der Waals surface area contributed by atoms with Gasteiger partial charge in [0.15, 0.2) is 0 Å². The predicted molar refractivity (Wildman–Crippen MR) is 73.7 cm³/mol. The molecule has 1 N–H and O–H groups in total. The molecule has 2 heterocycles. The molecule has 2 rings (SSSR count). The maximum atomic E-state index is 4.46. The van der Waals surface area contributed by atoms with E-state index in [4.69, 9.17) is 0 Å². The second-order valence-corrected chi connectivity index (χ2v) is 4.93. The lowest BCUT2D eigenvalue weighted by Crippen LogP contribution is -2.08. The summed E-state index contributed by atoms with van der Waals surface area (Å²) >= 11 is 1.80. The number of hydrogen-bond acceptors (Lipinski definition) is 3. The molecule has 0 spiro atoms. The minimum Gasteiger partial charge on any atom is -0.352 e. The van der Waals surface area contributed by atoms with E-state index in [0.717, 1.165) is 31.2 Å². The van der Waals surface area contributed by atoms with Crippen molar-refractivity contribution in [2.45, 2.75) is 19.9 Å². The van der Waals surface area contributed by atoms with Crippen molar-refractivity contribution >= 4 is 17.3 Å². The molecule has 0 saturated carbocycles. The summed E-state index contributed by atoms with van der Waals surface area (Å²) in [5.74, 6) is 0.930. The van der Waals surface area contributed by atoms with Crippen LogP contribution in [0.25, 0.3) is 0 Å². The summed E-state index contributed by atoms with van der Waals surface area (Å²) in [6, 6.07) is 4.27. The zero-order valence-electron chi connectivity index (χ0n) is 10.0. The Labute approximate surface area is 106 Å². The van der Waals surface area contributed by atoms with E-state index in [1.165, 1.54) is 4.88 Å². The first-order valence-corrected chi connectivity index (χ1v) is 6.58. The van der Waals surface area contributed by atoms with Crippen LogP contribution >= 0.6 is 11.3 Å². The Balaban J connectivity index is 2.01. The van der Waals surface area contributed by atoms with Crippen molar-refractivity contribution in [2.75, 3.05) is 11.9 Å². The smallest absolute Gasteiger partial charge is 0.203 e. The van der Waals surface area contributed by atoms with Crippen LogP contribution in [0.5, 0.6) is 0 Å². The van der Waals surface area contributed by atoms with Gasteiger partial charge in [0.2, 0.25) is 5.95 Å². The molecule has 0 fully saturated rings. The first kappa shape index (κ1) is 11.9. The molecule has 90 valence electrons. The fourth-order valence-corrected chi connectivity index (χ4v) is 2.41. The molecule has 0 atom stereocenters. The average Bonchev–Trinajstić information content (AvgIpc) is 2.93. The average molecular weight is 247 g/mol. The number of nitrogens with zero attached hydrogens (tertiary/aromatic N) is 2. The summed E-state index contributed by atoms with van der Waals surface area (Å²) in [5.41, 5.74) is 1.04. The molecule has 2 aromatic rings. The van der Waals surface area contributed by atoms with Gasteiger partial charge in [0.25, 0.3) is 0 Å². The van der Waals surface area contributed by atoms with Crippen LogP contribution in [-0.4, -0.2) is 16.1 Å². The maximum absolute atomic E-state index is 4.46. The Hall–Kier alpha value is -1.55. The first-order chi connectivity index (χ1) is 8.29. The number of nitrogens with one attached hydrogen (secondary N) is 1. The van der Waals surface area contributed by atoms with Crippen molar-refractivity contribution in [3.63, 3.8) is 0 Å². The molecular weight excluding hydrogens is 230 g/mol. The van der Waals surface area contributed by atoms with E-state index in [0.29, 0.717) is 0 Å². The molecule has 0 amide bonds. The number of thiophene rings is 1. The highest BCUT2D eigenvalue weighted by Crippen LogP contribution is 2.13. The zero-order chi connectivity index (χ0) is 12.1. The molecule has 0 saturated heterocycles. The normalized spacial score (nSPS) is 10.4. The monoisotopic (exact) mass is 247 g/mol. The third-order valence-corrected chi connectivity index (χ3v) is 3.42. The van der Waals surface area contributed by atoms with Crippen LogP contribution in [0.1, 0.15) is 10.6 Å². The SMILES string of the molecule is C=CCNc1nc(C)cn1CCc1cccs1. The largest absolute Gasteiger partial charge is 0.352 e. The number of aromatic nitrogens is 2. The van der Waals surface area contributed by atoms with E-state index in [-0.39, 0.29) is 0 Å². The number of aryl methyl sites for hydroxylation is 3.